The third-order valence-electron chi connectivity index (χ3n) is 2.55. The van der Waals surface area contributed by atoms with Gasteiger partial charge in [0.25, 0.3) is 0 Å². The molecule has 0 aliphatic carbocycles. The Balaban J connectivity index is 2.32. The molecule has 0 saturated carbocycles. The van der Waals surface area contributed by atoms with Crippen molar-refractivity contribution < 1.29 is 9.59 Å². The number of rotatable bonds is 2. The minimum atomic E-state index is -0.306. The first-order valence-corrected chi connectivity index (χ1v) is 5.54. The number of anilines is 1. The second-order valence-corrected chi connectivity index (χ2v) is 4.24. The van der Waals surface area contributed by atoms with Crippen LogP contribution in [0.1, 0.15) is 5.56 Å². The van der Waals surface area contributed by atoms with E-state index in [1.807, 2.05) is 0 Å². The monoisotopic (exact) mass is 253 g/mol. The summed E-state index contributed by atoms with van der Waals surface area (Å²) < 4.78 is 0. The van der Waals surface area contributed by atoms with E-state index in [4.69, 9.17) is 17.3 Å². The molecule has 0 radical (unpaired) electrons. The Morgan fingerprint density at radius 2 is 1.94 bits per heavy atom. The first-order valence-electron chi connectivity index (χ1n) is 5.16. The zero-order chi connectivity index (χ0) is 12.4. The number of nitrogens with zero attached hydrogens (tertiary/aromatic N) is 1. The number of piperazine rings is 1. The molecule has 0 spiro atoms. The van der Waals surface area contributed by atoms with Gasteiger partial charge in [-0.25, -0.2) is 0 Å². The summed E-state index contributed by atoms with van der Waals surface area (Å²) in [7, 11) is 0. The van der Waals surface area contributed by atoms with E-state index in [0.29, 0.717) is 11.6 Å². The number of imide groups is 1. The number of halogens is 1. The van der Waals surface area contributed by atoms with E-state index in [-0.39, 0.29) is 24.9 Å². The van der Waals surface area contributed by atoms with Gasteiger partial charge in [0.2, 0.25) is 11.8 Å². The fourth-order valence-electron chi connectivity index (χ4n) is 1.83. The molecular weight excluding hydrogens is 242 g/mol. The van der Waals surface area contributed by atoms with Crippen LogP contribution in [0.15, 0.2) is 18.2 Å². The van der Waals surface area contributed by atoms with Crippen molar-refractivity contribution in [1.82, 2.24) is 5.32 Å². The number of hydrogen-bond donors (Lipinski definition) is 2. The van der Waals surface area contributed by atoms with Crippen LogP contribution in [-0.4, -0.2) is 24.9 Å². The number of nitrogens with one attached hydrogen (secondary N) is 1. The molecule has 1 heterocycles. The van der Waals surface area contributed by atoms with Crippen LogP contribution in [0.4, 0.5) is 5.69 Å². The van der Waals surface area contributed by atoms with E-state index in [0.717, 1.165) is 11.3 Å². The lowest BCUT2D eigenvalue weighted by Gasteiger charge is -2.29. The summed E-state index contributed by atoms with van der Waals surface area (Å²) in [5.41, 5.74) is 7.22. The Morgan fingerprint density at radius 3 is 2.53 bits per heavy atom. The Bertz CT molecular complexity index is 460. The Kier molecular flexibility index (Phi) is 3.31. The summed E-state index contributed by atoms with van der Waals surface area (Å²) in [4.78, 5) is 24.3. The van der Waals surface area contributed by atoms with Gasteiger partial charge in [0, 0.05) is 17.3 Å². The number of benzene rings is 1. The lowest BCUT2D eigenvalue weighted by molar-refractivity contribution is -0.130. The van der Waals surface area contributed by atoms with E-state index in [1.54, 1.807) is 23.1 Å². The standard InChI is InChI=1S/C11H12ClN3O2/c12-8-1-2-9(7(3-8)4-13)15-5-10(16)14-11(17)6-15/h1-3H,4-6,13H2,(H,14,16,17). The third-order valence-corrected chi connectivity index (χ3v) is 2.79. The molecule has 0 bridgehead atoms. The minimum Gasteiger partial charge on any atom is -0.353 e. The summed E-state index contributed by atoms with van der Waals surface area (Å²) in [6, 6.07) is 5.23. The van der Waals surface area contributed by atoms with Crippen LogP contribution in [0.3, 0.4) is 0 Å². The van der Waals surface area contributed by atoms with E-state index < -0.39 is 0 Å². The highest BCUT2D eigenvalue weighted by molar-refractivity contribution is 6.30. The molecule has 0 atom stereocenters. The van der Waals surface area contributed by atoms with Crippen LogP contribution in [0.25, 0.3) is 0 Å². The van der Waals surface area contributed by atoms with Gasteiger partial charge < -0.3 is 10.6 Å². The molecule has 1 fully saturated rings. The van der Waals surface area contributed by atoms with Crippen LogP contribution >= 0.6 is 11.6 Å². The molecule has 0 unspecified atom stereocenters. The first-order chi connectivity index (χ1) is 8.10. The van der Waals surface area contributed by atoms with E-state index >= 15 is 0 Å². The van der Waals surface area contributed by atoms with Crippen molar-refractivity contribution in [3.05, 3.63) is 28.8 Å². The number of carbonyl (C=O) groups is 2. The number of carbonyl (C=O) groups excluding carboxylic acids is 2. The topological polar surface area (TPSA) is 75.4 Å². The molecule has 1 aromatic rings. The highest BCUT2D eigenvalue weighted by atomic mass is 35.5. The summed E-state index contributed by atoms with van der Waals surface area (Å²) in [5.74, 6) is -0.613. The predicted molar refractivity (Wildman–Crippen MR) is 64.7 cm³/mol. The molecule has 6 heteroatoms. The summed E-state index contributed by atoms with van der Waals surface area (Å²) in [6.07, 6.45) is 0. The summed E-state index contributed by atoms with van der Waals surface area (Å²) in [6.45, 7) is 0.614. The van der Waals surface area contributed by atoms with Crippen molar-refractivity contribution in [2.75, 3.05) is 18.0 Å². The van der Waals surface area contributed by atoms with Gasteiger partial charge in [0.05, 0.1) is 13.1 Å². The third kappa shape index (κ3) is 2.57. The minimum absolute atomic E-state index is 0.153. The zero-order valence-electron chi connectivity index (χ0n) is 9.07. The van der Waals surface area contributed by atoms with E-state index in [9.17, 15) is 9.59 Å². The Hall–Kier alpha value is -1.59. The van der Waals surface area contributed by atoms with E-state index in [1.165, 1.54) is 0 Å². The highest BCUT2D eigenvalue weighted by Crippen LogP contribution is 2.24. The maximum Gasteiger partial charge on any atom is 0.246 e. The van der Waals surface area contributed by atoms with E-state index in [2.05, 4.69) is 5.32 Å². The SMILES string of the molecule is NCc1cc(Cl)ccc1N1CC(=O)NC(=O)C1. The summed E-state index contributed by atoms with van der Waals surface area (Å²) >= 11 is 5.87. The predicted octanol–water partition coefficient (Wildman–Crippen LogP) is 0.261. The number of hydrogen-bond acceptors (Lipinski definition) is 4. The van der Waals surface area contributed by atoms with Crippen molar-refractivity contribution >= 4 is 29.1 Å². The van der Waals surface area contributed by atoms with Crippen LogP contribution < -0.4 is 16.0 Å². The summed E-state index contributed by atoms with van der Waals surface area (Å²) in [5, 5.41) is 2.84. The fraction of sp³-hybridized carbons (Fsp3) is 0.273. The van der Waals surface area contributed by atoms with Crippen LogP contribution in [0.2, 0.25) is 5.02 Å². The molecule has 1 aliphatic heterocycles. The maximum atomic E-state index is 11.3. The normalized spacial score (nSPS) is 16.0. The van der Waals surface area contributed by atoms with Gasteiger partial charge in [-0.1, -0.05) is 11.6 Å². The molecule has 5 nitrogen and oxygen atoms in total. The second-order valence-electron chi connectivity index (χ2n) is 3.80. The average molecular weight is 254 g/mol. The van der Waals surface area contributed by atoms with Crippen molar-refractivity contribution in [3.63, 3.8) is 0 Å². The number of nitrogens with two attached hydrogens (primary N) is 1. The van der Waals surface area contributed by atoms with Crippen LogP contribution in [0, 0.1) is 0 Å². The Morgan fingerprint density at radius 1 is 1.29 bits per heavy atom. The van der Waals surface area contributed by atoms with Gasteiger partial charge in [-0.2, -0.15) is 0 Å². The maximum absolute atomic E-state index is 11.3. The molecule has 2 amide bonds. The molecular formula is C11H12ClN3O2. The van der Waals surface area contributed by atoms with Gasteiger partial charge in [-0.05, 0) is 23.8 Å². The van der Waals surface area contributed by atoms with Crippen molar-refractivity contribution in [2.45, 2.75) is 6.54 Å². The van der Waals surface area contributed by atoms with Gasteiger partial charge in [0.1, 0.15) is 0 Å². The molecule has 0 aromatic heterocycles. The molecule has 17 heavy (non-hydrogen) atoms. The van der Waals surface area contributed by atoms with Crippen molar-refractivity contribution in [2.24, 2.45) is 5.73 Å². The van der Waals surface area contributed by atoms with Gasteiger partial charge in [-0.3, -0.25) is 14.9 Å². The lowest BCUT2D eigenvalue weighted by Crippen LogP contribution is -2.51. The average Bonchev–Trinajstić information content (AvgIpc) is 2.27. The lowest BCUT2D eigenvalue weighted by atomic mass is 10.1. The largest absolute Gasteiger partial charge is 0.353 e. The molecule has 1 saturated heterocycles. The molecule has 2 rings (SSSR count). The quantitative estimate of drug-likeness (QED) is 0.742. The second kappa shape index (κ2) is 4.73. The van der Waals surface area contributed by atoms with Gasteiger partial charge in [-0.15, -0.1) is 0 Å². The first kappa shape index (κ1) is 11.9. The van der Waals surface area contributed by atoms with Gasteiger partial charge in [0.15, 0.2) is 0 Å². The molecule has 90 valence electrons. The zero-order valence-corrected chi connectivity index (χ0v) is 9.83. The van der Waals surface area contributed by atoms with Crippen molar-refractivity contribution in [3.8, 4) is 0 Å². The number of amides is 2. The Labute approximate surface area is 104 Å². The van der Waals surface area contributed by atoms with Crippen LogP contribution in [0.5, 0.6) is 0 Å². The molecule has 1 aliphatic rings. The highest BCUT2D eigenvalue weighted by Gasteiger charge is 2.23. The van der Waals surface area contributed by atoms with Gasteiger partial charge >= 0.3 is 0 Å². The van der Waals surface area contributed by atoms with Crippen molar-refractivity contribution in [1.29, 1.82) is 0 Å². The van der Waals surface area contributed by atoms with Crippen LogP contribution in [-0.2, 0) is 16.1 Å². The molecule has 1 aromatic carbocycles. The fourth-order valence-corrected chi connectivity index (χ4v) is 2.03. The molecule has 3 N–H and O–H groups in total. The smallest absolute Gasteiger partial charge is 0.246 e.